The maximum atomic E-state index is 4.16. The van der Waals surface area contributed by atoms with E-state index in [2.05, 4.69) is 55.0 Å². The van der Waals surface area contributed by atoms with Crippen LogP contribution < -0.4 is 10.6 Å². The van der Waals surface area contributed by atoms with Gasteiger partial charge in [0.25, 0.3) is 0 Å². The maximum Gasteiger partial charge on any atom is 0.191 e. The number of nitrogens with one attached hydrogen (secondary N) is 2. The molecule has 4 heteroatoms. The second-order valence-electron chi connectivity index (χ2n) is 4.87. The van der Waals surface area contributed by atoms with Crippen molar-refractivity contribution in [3.8, 4) is 0 Å². The van der Waals surface area contributed by atoms with Gasteiger partial charge in [-0.15, -0.1) is 6.58 Å². The monoisotopic (exact) mass is 240 g/mol. The van der Waals surface area contributed by atoms with Gasteiger partial charge in [0.1, 0.15) is 0 Å². The van der Waals surface area contributed by atoms with Crippen LogP contribution in [0.25, 0.3) is 0 Å². The Kier molecular flexibility index (Phi) is 8.50. The lowest BCUT2D eigenvalue weighted by molar-refractivity contribution is 0.254. The van der Waals surface area contributed by atoms with E-state index in [1.165, 1.54) is 6.42 Å². The van der Waals surface area contributed by atoms with E-state index in [1.54, 1.807) is 7.05 Å². The molecule has 0 saturated heterocycles. The van der Waals surface area contributed by atoms with Gasteiger partial charge in [0.2, 0.25) is 0 Å². The Labute approximate surface area is 106 Å². The average molecular weight is 240 g/mol. The standard InChI is InChI=1S/C13H28N4/c1-7-8-15-13(14-4)16-10-12(17(5)6)9-11(2)3/h7,11-12H,1,8-10H2,2-6H3,(H2,14,15,16). The Hall–Kier alpha value is -1.03. The van der Waals surface area contributed by atoms with Gasteiger partial charge in [-0.3, -0.25) is 4.99 Å². The topological polar surface area (TPSA) is 39.7 Å². The predicted molar refractivity (Wildman–Crippen MR) is 76.5 cm³/mol. The fourth-order valence-corrected chi connectivity index (χ4v) is 1.62. The van der Waals surface area contributed by atoms with Gasteiger partial charge in [0.05, 0.1) is 0 Å². The summed E-state index contributed by atoms with van der Waals surface area (Å²) in [6.07, 6.45) is 3.00. The van der Waals surface area contributed by atoms with Crippen LogP contribution >= 0.6 is 0 Å². The second kappa shape index (κ2) is 9.05. The molecule has 0 amide bonds. The van der Waals surface area contributed by atoms with Crippen LogP contribution in [0.15, 0.2) is 17.6 Å². The smallest absolute Gasteiger partial charge is 0.191 e. The highest BCUT2D eigenvalue weighted by Crippen LogP contribution is 2.07. The lowest BCUT2D eigenvalue weighted by Gasteiger charge is -2.27. The van der Waals surface area contributed by atoms with Crippen LogP contribution in [0, 0.1) is 5.92 Å². The van der Waals surface area contributed by atoms with Crippen LogP contribution in [0.4, 0.5) is 0 Å². The molecule has 2 N–H and O–H groups in total. The van der Waals surface area contributed by atoms with Gasteiger partial charge in [-0.05, 0) is 26.4 Å². The van der Waals surface area contributed by atoms with Crippen molar-refractivity contribution in [3.63, 3.8) is 0 Å². The Bertz CT molecular complexity index is 234. The van der Waals surface area contributed by atoms with Crippen molar-refractivity contribution in [1.82, 2.24) is 15.5 Å². The highest BCUT2D eigenvalue weighted by atomic mass is 15.2. The van der Waals surface area contributed by atoms with E-state index in [9.17, 15) is 0 Å². The minimum atomic E-state index is 0.525. The van der Waals surface area contributed by atoms with Crippen LogP contribution in [-0.2, 0) is 0 Å². The van der Waals surface area contributed by atoms with Gasteiger partial charge < -0.3 is 15.5 Å². The molecule has 0 aromatic rings. The minimum absolute atomic E-state index is 0.525. The van der Waals surface area contributed by atoms with Gasteiger partial charge in [0.15, 0.2) is 5.96 Å². The van der Waals surface area contributed by atoms with E-state index in [0.717, 1.165) is 19.0 Å². The molecule has 0 aliphatic rings. The predicted octanol–water partition coefficient (Wildman–Crippen LogP) is 1.31. The maximum absolute atomic E-state index is 4.16. The van der Waals surface area contributed by atoms with Gasteiger partial charge in [-0.1, -0.05) is 19.9 Å². The Balaban J connectivity index is 4.13. The molecule has 17 heavy (non-hydrogen) atoms. The zero-order chi connectivity index (χ0) is 13.3. The highest BCUT2D eigenvalue weighted by Gasteiger charge is 2.13. The van der Waals surface area contributed by atoms with Gasteiger partial charge in [-0.25, -0.2) is 0 Å². The third-order valence-electron chi connectivity index (χ3n) is 2.62. The number of nitrogens with zero attached hydrogens (tertiary/aromatic N) is 2. The molecule has 0 heterocycles. The largest absolute Gasteiger partial charge is 0.355 e. The molecule has 1 atom stereocenters. The van der Waals surface area contributed by atoms with Crippen molar-refractivity contribution < 1.29 is 0 Å². The molecule has 0 fully saturated rings. The van der Waals surface area contributed by atoms with Crippen LogP contribution in [0.5, 0.6) is 0 Å². The summed E-state index contributed by atoms with van der Waals surface area (Å²) in [5.41, 5.74) is 0. The number of hydrogen-bond donors (Lipinski definition) is 2. The Morgan fingerprint density at radius 3 is 2.41 bits per heavy atom. The summed E-state index contributed by atoms with van der Waals surface area (Å²) >= 11 is 0. The minimum Gasteiger partial charge on any atom is -0.355 e. The fraction of sp³-hybridized carbons (Fsp3) is 0.769. The third-order valence-corrected chi connectivity index (χ3v) is 2.62. The molecule has 100 valence electrons. The van der Waals surface area contributed by atoms with Crippen molar-refractivity contribution in [1.29, 1.82) is 0 Å². The molecule has 1 unspecified atom stereocenters. The number of hydrogen-bond acceptors (Lipinski definition) is 2. The SMILES string of the molecule is C=CCNC(=NC)NCC(CC(C)C)N(C)C. The number of likely N-dealkylation sites (N-methyl/N-ethyl adjacent to an activating group) is 1. The first-order valence-corrected chi connectivity index (χ1v) is 6.23. The Morgan fingerprint density at radius 2 is 2.00 bits per heavy atom. The van der Waals surface area contributed by atoms with Gasteiger partial charge >= 0.3 is 0 Å². The Morgan fingerprint density at radius 1 is 1.35 bits per heavy atom. The summed E-state index contributed by atoms with van der Waals surface area (Å²) in [5.74, 6) is 1.54. The van der Waals surface area contributed by atoms with Gasteiger partial charge in [0, 0.05) is 26.2 Å². The molecular weight excluding hydrogens is 212 g/mol. The van der Waals surface area contributed by atoms with Crippen LogP contribution in [0.1, 0.15) is 20.3 Å². The first-order valence-electron chi connectivity index (χ1n) is 6.23. The molecule has 0 spiro atoms. The first-order chi connectivity index (χ1) is 8.01. The molecule has 0 aromatic heterocycles. The highest BCUT2D eigenvalue weighted by molar-refractivity contribution is 5.79. The lowest BCUT2D eigenvalue weighted by atomic mass is 10.0. The lowest BCUT2D eigenvalue weighted by Crippen LogP contribution is -2.45. The summed E-state index contributed by atoms with van der Waals surface area (Å²) in [6, 6.07) is 0.525. The molecule has 0 aromatic carbocycles. The van der Waals surface area contributed by atoms with Crippen molar-refractivity contribution in [2.75, 3.05) is 34.2 Å². The van der Waals surface area contributed by atoms with E-state index >= 15 is 0 Å². The normalized spacial score (nSPS) is 13.9. The van der Waals surface area contributed by atoms with Crippen LogP contribution in [0.3, 0.4) is 0 Å². The summed E-state index contributed by atoms with van der Waals surface area (Å²) in [6.45, 7) is 9.82. The van der Waals surface area contributed by atoms with E-state index in [0.29, 0.717) is 12.0 Å². The van der Waals surface area contributed by atoms with E-state index < -0.39 is 0 Å². The summed E-state index contributed by atoms with van der Waals surface area (Å²) in [7, 11) is 6.02. The molecule has 0 rings (SSSR count). The van der Waals surface area contributed by atoms with E-state index in [-0.39, 0.29) is 0 Å². The van der Waals surface area contributed by atoms with Gasteiger partial charge in [-0.2, -0.15) is 0 Å². The summed E-state index contributed by atoms with van der Waals surface area (Å²) in [5, 5.41) is 6.51. The molecular formula is C13H28N4. The van der Waals surface area contributed by atoms with Crippen molar-refractivity contribution >= 4 is 5.96 Å². The van der Waals surface area contributed by atoms with Crippen LogP contribution in [-0.4, -0.2) is 51.1 Å². The van der Waals surface area contributed by atoms with Crippen molar-refractivity contribution in [3.05, 3.63) is 12.7 Å². The molecule has 0 radical (unpaired) electrons. The summed E-state index contributed by atoms with van der Waals surface area (Å²) < 4.78 is 0. The second-order valence-corrected chi connectivity index (χ2v) is 4.87. The molecule has 0 saturated carbocycles. The van der Waals surface area contributed by atoms with E-state index in [1.807, 2.05) is 6.08 Å². The molecule has 0 aliphatic heterocycles. The fourth-order valence-electron chi connectivity index (χ4n) is 1.62. The zero-order valence-electron chi connectivity index (χ0n) is 12.0. The first kappa shape index (κ1) is 16.0. The average Bonchev–Trinajstić information content (AvgIpc) is 2.26. The van der Waals surface area contributed by atoms with Crippen LogP contribution in [0.2, 0.25) is 0 Å². The van der Waals surface area contributed by atoms with Crippen molar-refractivity contribution in [2.45, 2.75) is 26.3 Å². The zero-order valence-corrected chi connectivity index (χ0v) is 12.0. The number of aliphatic imine (C=N–C) groups is 1. The third kappa shape index (κ3) is 7.80. The molecule has 0 aliphatic carbocycles. The van der Waals surface area contributed by atoms with E-state index in [4.69, 9.17) is 0 Å². The summed E-state index contributed by atoms with van der Waals surface area (Å²) in [4.78, 5) is 6.42. The molecule has 4 nitrogen and oxygen atoms in total. The molecule has 0 bridgehead atoms. The number of guanidine groups is 1. The van der Waals surface area contributed by atoms with Crippen molar-refractivity contribution in [2.24, 2.45) is 10.9 Å². The number of rotatable bonds is 7. The quantitative estimate of drug-likeness (QED) is 0.400.